The molecule has 44 heavy (non-hydrogen) atoms. The number of amides is 4. The van der Waals surface area contributed by atoms with Gasteiger partial charge in [0.25, 0.3) is 0 Å². The van der Waals surface area contributed by atoms with Gasteiger partial charge in [-0.25, -0.2) is 4.79 Å². The zero-order valence-electron chi connectivity index (χ0n) is 29.3. The fourth-order valence-corrected chi connectivity index (χ4v) is 5.76. The lowest BCUT2D eigenvalue weighted by atomic mass is 10.0. The van der Waals surface area contributed by atoms with Gasteiger partial charge in [-0.15, -0.1) is 0 Å². The number of unbranched alkanes of at least 4 members (excludes halogenated alkanes) is 24. The van der Waals surface area contributed by atoms with Crippen LogP contribution in [0.4, 0.5) is 4.79 Å². The van der Waals surface area contributed by atoms with Gasteiger partial charge in [-0.3, -0.25) is 9.59 Å². The van der Waals surface area contributed by atoms with E-state index < -0.39 is 11.9 Å². The van der Waals surface area contributed by atoms with E-state index in [0.717, 1.165) is 32.1 Å². The number of hydrogen-bond donors (Lipinski definition) is 4. The molecule has 0 bridgehead atoms. The summed E-state index contributed by atoms with van der Waals surface area (Å²) in [6.07, 6.45) is 34.9. The maximum Gasteiger partial charge on any atom is 0.315 e. The predicted octanol–water partition coefficient (Wildman–Crippen LogP) is 9.61. The van der Waals surface area contributed by atoms with Crippen molar-refractivity contribution in [3.8, 4) is 0 Å². The lowest BCUT2D eigenvalue weighted by molar-refractivity contribution is -0.121. The summed E-state index contributed by atoms with van der Waals surface area (Å²) in [6, 6.07) is -1.01. The van der Waals surface area contributed by atoms with E-state index in [9.17, 15) is 14.4 Å². The summed E-state index contributed by atoms with van der Waals surface area (Å²) in [5, 5.41) is 8.55. The Balaban J connectivity index is 3.59. The monoisotopic (exact) mass is 623 g/mol. The van der Waals surface area contributed by atoms with Gasteiger partial charge in [-0.05, 0) is 32.1 Å². The van der Waals surface area contributed by atoms with E-state index in [-0.39, 0.29) is 11.9 Å². The molecule has 7 heteroatoms. The minimum Gasteiger partial charge on any atom is -0.368 e. The molecule has 0 heterocycles. The van der Waals surface area contributed by atoms with Crippen molar-refractivity contribution in [2.24, 2.45) is 5.73 Å². The van der Waals surface area contributed by atoms with Crippen LogP contribution in [-0.2, 0) is 9.59 Å². The molecule has 0 aliphatic carbocycles. The Morgan fingerprint density at radius 3 is 1.27 bits per heavy atom. The van der Waals surface area contributed by atoms with Crippen LogP contribution >= 0.6 is 0 Å². The standard InChI is InChI=1S/C37H74N4O3/c1-3-5-7-9-11-13-14-15-16-17-18-19-21-23-25-28-33-40-37(44)41-34(36(38)43)30-27-29-32-39-35(42)31-26-24-22-20-12-10-8-6-4-2/h34H,3-33H2,1-2H3,(H2,38,43)(H,39,42)(H2,40,41,44)/t34-/m0/s1. The number of carbonyl (C=O) groups is 3. The van der Waals surface area contributed by atoms with Gasteiger partial charge in [-0.2, -0.15) is 0 Å². The molecule has 0 radical (unpaired) electrons. The molecule has 0 rings (SSSR count). The highest BCUT2D eigenvalue weighted by atomic mass is 16.2. The zero-order chi connectivity index (χ0) is 32.4. The summed E-state index contributed by atoms with van der Waals surface area (Å²) in [6.45, 7) is 5.72. The molecule has 0 saturated heterocycles. The molecular weight excluding hydrogens is 548 g/mol. The van der Waals surface area contributed by atoms with Gasteiger partial charge < -0.3 is 21.7 Å². The van der Waals surface area contributed by atoms with Crippen molar-refractivity contribution in [1.29, 1.82) is 0 Å². The van der Waals surface area contributed by atoms with Crippen molar-refractivity contribution in [3.05, 3.63) is 0 Å². The molecule has 1 atom stereocenters. The van der Waals surface area contributed by atoms with E-state index in [1.54, 1.807) is 0 Å². The number of nitrogens with one attached hydrogen (secondary N) is 3. The van der Waals surface area contributed by atoms with Crippen LogP contribution in [0.2, 0.25) is 0 Å². The first-order chi connectivity index (χ1) is 21.5. The van der Waals surface area contributed by atoms with Gasteiger partial charge in [-0.1, -0.05) is 162 Å². The fraction of sp³-hybridized carbons (Fsp3) is 0.919. The second-order valence-electron chi connectivity index (χ2n) is 13.1. The highest BCUT2D eigenvalue weighted by Crippen LogP contribution is 2.14. The molecule has 0 aliphatic rings. The summed E-state index contributed by atoms with van der Waals surface area (Å²) in [7, 11) is 0. The van der Waals surface area contributed by atoms with E-state index >= 15 is 0 Å². The summed E-state index contributed by atoms with van der Waals surface area (Å²) < 4.78 is 0. The average molecular weight is 623 g/mol. The van der Waals surface area contributed by atoms with E-state index in [0.29, 0.717) is 32.4 Å². The van der Waals surface area contributed by atoms with Gasteiger partial charge in [0.15, 0.2) is 0 Å². The average Bonchev–Trinajstić information content (AvgIpc) is 3.00. The number of primary amides is 1. The molecule has 7 nitrogen and oxygen atoms in total. The molecule has 0 aliphatic heterocycles. The van der Waals surface area contributed by atoms with Crippen molar-refractivity contribution in [2.45, 2.75) is 206 Å². The Kier molecular flexibility index (Phi) is 32.7. The van der Waals surface area contributed by atoms with Gasteiger partial charge >= 0.3 is 6.03 Å². The van der Waals surface area contributed by atoms with Crippen molar-refractivity contribution >= 4 is 17.8 Å². The number of nitrogens with two attached hydrogens (primary N) is 1. The Labute approximate surface area is 272 Å². The lowest BCUT2D eigenvalue weighted by Crippen LogP contribution is -2.48. The van der Waals surface area contributed by atoms with E-state index in [1.807, 2.05) is 0 Å². The third-order valence-corrected chi connectivity index (χ3v) is 8.71. The van der Waals surface area contributed by atoms with Crippen LogP contribution in [0.25, 0.3) is 0 Å². The third-order valence-electron chi connectivity index (χ3n) is 8.71. The highest BCUT2D eigenvalue weighted by Gasteiger charge is 2.17. The SMILES string of the molecule is CCCCCCCCCCCCCCCCCCNC(=O)N[C@@H](CCCCNC(=O)CCCCCCCCCCC)C(N)=O. The van der Waals surface area contributed by atoms with Crippen LogP contribution in [-0.4, -0.2) is 37.0 Å². The van der Waals surface area contributed by atoms with E-state index in [1.165, 1.54) is 135 Å². The van der Waals surface area contributed by atoms with Gasteiger partial charge in [0, 0.05) is 19.5 Å². The van der Waals surface area contributed by atoms with Gasteiger partial charge in [0.05, 0.1) is 0 Å². The molecule has 0 aromatic rings. The number of rotatable bonds is 34. The molecule has 0 aromatic carbocycles. The Morgan fingerprint density at radius 2 is 0.841 bits per heavy atom. The number of urea groups is 1. The summed E-state index contributed by atoms with van der Waals surface area (Å²) >= 11 is 0. The molecule has 0 spiro atoms. The molecule has 0 aromatic heterocycles. The topological polar surface area (TPSA) is 113 Å². The molecular formula is C37H74N4O3. The summed E-state index contributed by atoms with van der Waals surface area (Å²) in [5.74, 6) is -0.414. The van der Waals surface area contributed by atoms with Crippen LogP contribution in [0, 0.1) is 0 Å². The first kappa shape index (κ1) is 42.2. The summed E-state index contributed by atoms with van der Waals surface area (Å²) in [5.41, 5.74) is 5.51. The van der Waals surface area contributed by atoms with Crippen molar-refractivity contribution in [3.63, 3.8) is 0 Å². The largest absolute Gasteiger partial charge is 0.368 e. The maximum atomic E-state index is 12.2. The van der Waals surface area contributed by atoms with Crippen LogP contribution in [0.1, 0.15) is 200 Å². The highest BCUT2D eigenvalue weighted by molar-refractivity contribution is 5.85. The normalized spacial score (nSPS) is 11.8. The Bertz CT molecular complexity index is 659. The number of carbonyl (C=O) groups excluding carboxylic acids is 3. The second-order valence-corrected chi connectivity index (χ2v) is 13.1. The van der Waals surface area contributed by atoms with Crippen LogP contribution in [0.3, 0.4) is 0 Å². The van der Waals surface area contributed by atoms with Crippen molar-refractivity contribution in [2.75, 3.05) is 13.1 Å². The maximum absolute atomic E-state index is 12.2. The fourth-order valence-electron chi connectivity index (χ4n) is 5.76. The van der Waals surface area contributed by atoms with Gasteiger partial charge in [0.2, 0.25) is 11.8 Å². The molecule has 0 unspecified atom stereocenters. The quantitative estimate of drug-likeness (QED) is 0.0536. The molecule has 5 N–H and O–H groups in total. The van der Waals surface area contributed by atoms with Crippen LogP contribution in [0.5, 0.6) is 0 Å². The smallest absolute Gasteiger partial charge is 0.315 e. The van der Waals surface area contributed by atoms with Crippen molar-refractivity contribution in [1.82, 2.24) is 16.0 Å². The van der Waals surface area contributed by atoms with Crippen molar-refractivity contribution < 1.29 is 14.4 Å². The first-order valence-corrected chi connectivity index (χ1v) is 19.1. The molecule has 0 fully saturated rings. The minimum absolute atomic E-state index is 0.103. The number of hydrogen-bond acceptors (Lipinski definition) is 3. The van der Waals surface area contributed by atoms with Crippen LogP contribution in [0.15, 0.2) is 0 Å². The molecule has 4 amide bonds. The first-order valence-electron chi connectivity index (χ1n) is 19.1. The summed E-state index contributed by atoms with van der Waals surface area (Å²) in [4.78, 5) is 36.1. The zero-order valence-corrected chi connectivity index (χ0v) is 29.3. The third kappa shape index (κ3) is 31.6. The van der Waals surface area contributed by atoms with Crippen LogP contribution < -0.4 is 21.7 Å². The second kappa shape index (κ2) is 34.1. The van der Waals surface area contributed by atoms with E-state index in [4.69, 9.17) is 5.73 Å². The minimum atomic E-state index is -0.682. The molecule has 0 saturated carbocycles. The Morgan fingerprint density at radius 1 is 0.477 bits per heavy atom. The lowest BCUT2D eigenvalue weighted by Gasteiger charge is -2.16. The predicted molar refractivity (Wildman–Crippen MR) is 188 cm³/mol. The van der Waals surface area contributed by atoms with Gasteiger partial charge in [0.1, 0.15) is 6.04 Å². The van der Waals surface area contributed by atoms with E-state index in [2.05, 4.69) is 29.8 Å². The Hall–Kier alpha value is -1.79. The molecule has 260 valence electrons.